The smallest absolute Gasteiger partial charge is 0.347 e. The second kappa shape index (κ2) is 5.35. The van der Waals surface area contributed by atoms with Gasteiger partial charge in [-0.2, -0.15) is 0 Å². The van der Waals surface area contributed by atoms with Crippen LogP contribution in [-0.4, -0.2) is 46.2 Å². The third kappa shape index (κ3) is 2.35. The first kappa shape index (κ1) is 14.7. The highest BCUT2D eigenvalue weighted by Gasteiger charge is 2.40. The van der Waals surface area contributed by atoms with Gasteiger partial charge in [-0.25, -0.2) is 4.79 Å². The zero-order valence-corrected chi connectivity index (χ0v) is 13.6. The maximum atomic E-state index is 12.4. The number of fused-ring (bicyclic) bond motifs is 3. The third-order valence-electron chi connectivity index (χ3n) is 5.14. The summed E-state index contributed by atoms with van der Waals surface area (Å²) in [5.74, 6) is -1.02. The average molecular weight is 334 g/mol. The lowest BCUT2D eigenvalue weighted by atomic mass is 10.0. The summed E-state index contributed by atoms with van der Waals surface area (Å²) in [6.45, 7) is 0. The highest BCUT2D eigenvalue weighted by Crippen LogP contribution is 2.36. The molecule has 2 aromatic rings. The Morgan fingerprint density at radius 1 is 1.39 bits per heavy atom. The SMILES string of the molecule is CN1C2CCC1CC(OC(=O)c1c(O)c3ccsc3[nH]c1=O)C2. The second-order valence-electron chi connectivity index (χ2n) is 6.39. The van der Waals surface area contributed by atoms with Gasteiger partial charge in [-0.3, -0.25) is 4.79 Å². The Morgan fingerprint density at radius 2 is 2.09 bits per heavy atom. The highest BCUT2D eigenvalue weighted by molar-refractivity contribution is 7.16. The molecule has 2 unspecified atom stereocenters. The Labute approximate surface area is 136 Å². The van der Waals surface area contributed by atoms with E-state index < -0.39 is 11.5 Å². The number of ether oxygens (including phenoxy) is 1. The standard InChI is InChI=1S/C16H18N2O4S/c1-18-8-2-3-9(18)7-10(6-8)22-16(21)12-13(19)11-4-5-23-15(11)17-14(12)20/h4-5,8-10H,2-3,6-7H2,1H3,(H2,17,19,20). The molecule has 4 rings (SSSR count). The van der Waals surface area contributed by atoms with E-state index in [2.05, 4.69) is 16.9 Å². The van der Waals surface area contributed by atoms with Crippen molar-refractivity contribution in [2.75, 3.05) is 7.05 Å². The van der Waals surface area contributed by atoms with Crippen molar-refractivity contribution in [2.24, 2.45) is 0 Å². The van der Waals surface area contributed by atoms with Gasteiger partial charge in [-0.05, 0) is 31.3 Å². The first-order valence-electron chi connectivity index (χ1n) is 7.80. The van der Waals surface area contributed by atoms with Gasteiger partial charge in [0.2, 0.25) is 0 Å². The lowest BCUT2D eigenvalue weighted by molar-refractivity contribution is -0.000805. The van der Waals surface area contributed by atoms with Gasteiger partial charge in [0.05, 0.1) is 5.39 Å². The van der Waals surface area contributed by atoms with Crippen LogP contribution in [0.4, 0.5) is 0 Å². The Bertz CT molecular complexity index is 813. The normalized spacial score (nSPS) is 27.4. The molecule has 2 aliphatic rings. The van der Waals surface area contributed by atoms with E-state index in [1.165, 1.54) is 11.3 Å². The van der Waals surface area contributed by atoms with Crippen molar-refractivity contribution >= 4 is 27.5 Å². The minimum absolute atomic E-state index is 0.187. The largest absolute Gasteiger partial charge is 0.506 e. The van der Waals surface area contributed by atoms with E-state index in [1.54, 1.807) is 11.4 Å². The third-order valence-corrected chi connectivity index (χ3v) is 5.97. The number of pyridine rings is 1. The number of nitrogens with one attached hydrogen (secondary N) is 1. The van der Waals surface area contributed by atoms with Crippen molar-refractivity contribution in [1.29, 1.82) is 0 Å². The molecule has 7 heteroatoms. The van der Waals surface area contributed by atoms with Crippen LogP contribution in [0.15, 0.2) is 16.2 Å². The Hall–Kier alpha value is -1.86. The number of H-pyrrole nitrogens is 1. The Morgan fingerprint density at radius 3 is 2.78 bits per heavy atom. The molecule has 2 fully saturated rings. The number of esters is 1. The van der Waals surface area contributed by atoms with Crippen LogP contribution in [0.1, 0.15) is 36.0 Å². The molecule has 0 saturated carbocycles. The zero-order valence-electron chi connectivity index (χ0n) is 12.7. The fraction of sp³-hybridized carbons (Fsp3) is 0.500. The van der Waals surface area contributed by atoms with Gasteiger partial charge in [0.1, 0.15) is 16.7 Å². The van der Waals surface area contributed by atoms with Gasteiger partial charge in [-0.15, -0.1) is 11.3 Å². The predicted molar refractivity (Wildman–Crippen MR) is 87.1 cm³/mol. The van der Waals surface area contributed by atoms with Crippen LogP contribution >= 0.6 is 11.3 Å². The number of nitrogens with zero attached hydrogens (tertiary/aromatic N) is 1. The first-order chi connectivity index (χ1) is 11.0. The topological polar surface area (TPSA) is 82.6 Å². The molecule has 0 aliphatic carbocycles. The van der Waals surface area contributed by atoms with E-state index in [0.29, 0.717) is 22.3 Å². The van der Waals surface area contributed by atoms with Crippen molar-refractivity contribution in [3.63, 3.8) is 0 Å². The zero-order chi connectivity index (χ0) is 16.1. The average Bonchev–Trinajstić information content (AvgIpc) is 3.02. The number of aromatic hydroxyl groups is 1. The lowest BCUT2D eigenvalue weighted by Gasteiger charge is -2.35. The van der Waals surface area contributed by atoms with Crippen LogP contribution in [0.3, 0.4) is 0 Å². The summed E-state index contributed by atoms with van der Waals surface area (Å²) < 4.78 is 5.55. The summed E-state index contributed by atoms with van der Waals surface area (Å²) >= 11 is 1.31. The van der Waals surface area contributed by atoms with Crippen LogP contribution < -0.4 is 5.56 Å². The summed E-state index contributed by atoms with van der Waals surface area (Å²) in [6, 6.07) is 2.56. The van der Waals surface area contributed by atoms with Crippen LogP contribution in [0.5, 0.6) is 5.75 Å². The molecule has 2 bridgehead atoms. The van der Waals surface area contributed by atoms with E-state index in [0.717, 1.165) is 25.7 Å². The molecule has 2 saturated heterocycles. The maximum Gasteiger partial charge on any atom is 0.347 e. The van der Waals surface area contributed by atoms with Crippen molar-refractivity contribution in [3.05, 3.63) is 27.4 Å². The van der Waals surface area contributed by atoms with Crippen molar-refractivity contribution in [1.82, 2.24) is 9.88 Å². The van der Waals surface area contributed by atoms with Crippen LogP contribution in [0.25, 0.3) is 10.2 Å². The van der Waals surface area contributed by atoms with Crippen LogP contribution in [0.2, 0.25) is 0 Å². The summed E-state index contributed by atoms with van der Waals surface area (Å²) in [4.78, 5) is 30.1. The number of hydrogen-bond acceptors (Lipinski definition) is 6. The summed E-state index contributed by atoms with van der Waals surface area (Å²) in [7, 11) is 2.11. The molecule has 0 amide bonds. The fourth-order valence-electron chi connectivity index (χ4n) is 3.86. The molecule has 6 nitrogen and oxygen atoms in total. The van der Waals surface area contributed by atoms with Gasteiger partial charge in [0, 0.05) is 24.9 Å². The number of piperidine rings is 1. The van der Waals surface area contributed by atoms with Gasteiger partial charge < -0.3 is 19.7 Å². The van der Waals surface area contributed by atoms with E-state index in [9.17, 15) is 14.7 Å². The number of carbonyl (C=O) groups is 1. The minimum Gasteiger partial charge on any atom is -0.506 e. The molecular formula is C16H18N2O4S. The first-order valence-corrected chi connectivity index (χ1v) is 8.68. The summed E-state index contributed by atoms with van der Waals surface area (Å²) in [5.41, 5.74) is -0.888. The molecule has 0 aromatic carbocycles. The lowest BCUT2D eigenvalue weighted by Crippen LogP contribution is -2.43. The summed E-state index contributed by atoms with van der Waals surface area (Å²) in [6.07, 6.45) is 3.65. The molecule has 2 aromatic heterocycles. The molecule has 23 heavy (non-hydrogen) atoms. The summed E-state index contributed by atoms with van der Waals surface area (Å²) in [5, 5.41) is 12.5. The van der Waals surface area contributed by atoms with Gasteiger partial charge >= 0.3 is 5.97 Å². The van der Waals surface area contributed by atoms with E-state index in [-0.39, 0.29) is 17.4 Å². The number of hydrogen-bond donors (Lipinski definition) is 2. The number of aromatic nitrogens is 1. The Kier molecular flexibility index (Phi) is 3.42. The number of carbonyl (C=O) groups excluding carboxylic acids is 1. The number of aromatic amines is 1. The molecule has 4 heterocycles. The van der Waals surface area contributed by atoms with Crippen LogP contribution in [-0.2, 0) is 4.74 Å². The monoisotopic (exact) mass is 334 g/mol. The molecule has 2 atom stereocenters. The number of rotatable bonds is 2. The molecule has 0 radical (unpaired) electrons. The van der Waals surface area contributed by atoms with E-state index in [4.69, 9.17) is 4.74 Å². The molecule has 2 aliphatic heterocycles. The van der Waals surface area contributed by atoms with Gasteiger partial charge in [0.15, 0.2) is 5.56 Å². The van der Waals surface area contributed by atoms with Gasteiger partial charge in [0.25, 0.3) is 5.56 Å². The van der Waals surface area contributed by atoms with Crippen molar-refractivity contribution < 1.29 is 14.6 Å². The molecular weight excluding hydrogens is 316 g/mol. The predicted octanol–water partition coefficient (Wildman–Crippen LogP) is 2.08. The Balaban J connectivity index is 1.59. The van der Waals surface area contributed by atoms with Crippen LogP contribution in [0, 0.1) is 0 Å². The quantitative estimate of drug-likeness (QED) is 0.822. The highest BCUT2D eigenvalue weighted by atomic mass is 32.1. The fourth-order valence-corrected chi connectivity index (χ4v) is 4.64. The molecule has 0 spiro atoms. The van der Waals surface area contributed by atoms with Gasteiger partial charge in [-0.1, -0.05) is 0 Å². The second-order valence-corrected chi connectivity index (χ2v) is 7.31. The van der Waals surface area contributed by atoms with Crippen molar-refractivity contribution in [2.45, 2.75) is 43.9 Å². The van der Waals surface area contributed by atoms with E-state index in [1.807, 2.05) is 0 Å². The molecule has 122 valence electrons. The number of thiophene rings is 1. The minimum atomic E-state index is -0.731. The molecule has 2 N–H and O–H groups in total. The van der Waals surface area contributed by atoms with Crippen molar-refractivity contribution in [3.8, 4) is 5.75 Å². The van der Waals surface area contributed by atoms with E-state index >= 15 is 0 Å². The maximum absolute atomic E-state index is 12.4.